The first-order valence-electron chi connectivity index (χ1n) is 9.91. The quantitative estimate of drug-likeness (QED) is 0.315. The molecule has 33 heavy (non-hydrogen) atoms. The van der Waals surface area contributed by atoms with Crippen molar-refractivity contribution in [1.82, 2.24) is 19.4 Å². The van der Waals surface area contributed by atoms with E-state index in [1.54, 1.807) is 55.6 Å². The lowest BCUT2D eigenvalue weighted by molar-refractivity contribution is -0.137. The van der Waals surface area contributed by atoms with Gasteiger partial charge in [0.15, 0.2) is 0 Å². The van der Waals surface area contributed by atoms with Crippen molar-refractivity contribution in [1.29, 1.82) is 0 Å². The summed E-state index contributed by atoms with van der Waals surface area (Å²) in [6.45, 7) is 5.10. The Hall–Kier alpha value is -3.59. The van der Waals surface area contributed by atoms with Crippen LogP contribution in [-0.2, 0) is 6.18 Å². The van der Waals surface area contributed by atoms with Crippen molar-refractivity contribution in [2.24, 2.45) is 5.10 Å². The van der Waals surface area contributed by atoms with Crippen LogP contribution in [0.5, 0.6) is 0 Å². The molecule has 0 bridgehead atoms. The maximum Gasteiger partial charge on any atom is 0.418 e. The standard InChI is InChI=1S/C23H19ClF3N5O/c1-13-10-16(15(3)32(13)19-7-5-4-6-18(19)23(25,26)27)11-28-30-22(33)21-14(2)29-20-9-8-17(24)12-31(20)21/h4-12H,1-3H3,(H,30,33). The summed E-state index contributed by atoms with van der Waals surface area (Å²) in [6, 6.07) is 10.5. The first-order chi connectivity index (χ1) is 15.6. The summed E-state index contributed by atoms with van der Waals surface area (Å²) in [7, 11) is 0. The third-order valence-electron chi connectivity index (χ3n) is 5.26. The Morgan fingerprint density at radius 3 is 2.61 bits per heavy atom. The fourth-order valence-corrected chi connectivity index (χ4v) is 3.98. The number of aryl methyl sites for hydroxylation is 2. The van der Waals surface area contributed by atoms with Crippen molar-refractivity contribution in [3.63, 3.8) is 0 Å². The molecule has 0 saturated heterocycles. The first kappa shape index (κ1) is 22.6. The number of nitrogens with zero attached hydrogens (tertiary/aromatic N) is 4. The Kier molecular flexibility index (Phi) is 5.75. The Morgan fingerprint density at radius 2 is 1.88 bits per heavy atom. The summed E-state index contributed by atoms with van der Waals surface area (Å²) in [4.78, 5) is 17.0. The zero-order valence-corrected chi connectivity index (χ0v) is 18.7. The molecule has 0 aliphatic carbocycles. The predicted octanol–water partition coefficient (Wildman–Crippen LogP) is 5.49. The number of hydrogen-bond acceptors (Lipinski definition) is 3. The molecule has 0 aliphatic rings. The number of imidazole rings is 1. The van der Waals surface area contributed by atoms with Gasteiger partial charge >= 0.3 is 6.18 Å². The van der Waals surface area contributed by atoms with Gasteiger partial charge in [-0.3, -0.25) is 9.20 Å². The summed E-state index contributed by atoms with van der Waals surface area (Å²) in [6.07, 6.45) is -1.50. The molecular formula is C23H19ClF3N5O. The van der Waals surface area contributed by atoms with Crippen LogP contribution in [-0.4, -0.2) is 26.1 Å². The number of hydrogen-bond donors (Lipinski definition) is 1. The Balaban J connectivity index is 1.62. The molecule has 1 aromatic carbocycles. The van der Waals surface area contributed by atoms with E-state index in [4.69, 9.17) is 11.6 Å². The van der Waals surface area contributed by atoms with Crippen molar-refractivity contribution in [2.45, 2.75) is 26.9 Å². The summed E-state index contributed by atoms with van der Waals surface area (Å²) < 4.78 is 43.6. The first-order valence-corrected chi connectivity index (χ1v) is 10.3. The number of fused-ring (bicyclic) bond motifs is 1. The van der Waals surface area contributed by atoms with Crippen LogP contribution < -0.4 is 5.43 Å². The van der Waals surface area contributed by atoms with Gasteiger partial charge in [0, 0.05) is 23.1 Å². The highest BCUT2D eigenvalue weighted by atomic mass is 35.5. The number of benzene rings is 1. The number of carbonyl (C=O) groups excluding carboxylic acids is 1. The van der Waals surface area contributed by atoms with E-state index in [9.17, 15) is 18.0 Å². The highest BCUT2D eigenvalue weighted by Crippen LogP contribution is 2.35. The number of halogens is 4. The van der Waals surface area contributed by atoms with Crippen LogP contribution in [0.2, 0.25) is 5.02 Å². The van der Waals surface area contributed by atoms with Crippen LogP contribution in [0.15, 0.2) is 53.8 Å². The zero-order valence-electron chi connectivity index (χ0n) is 17.9. The number of alkyl halides is 3. The van der Waals surface area contributed by atoms with Gasteiger partial charge in [0.1, 0.15) is 11.3 Å². The summed E-state index contributed by atoms with van der Waals surface area (Å²) >= 11 is 6.03. The van der Waals surface area contributed by atoms with Crippen molar-refractivity contribution >= 4 is 29.4 Å². The topological polar surface area (TPSA) is 63.7 Å². The lowest BCUT2D eigenvalue weighted by atomic mass is 10.1. The molecular weight excluding hydrogens is 455 g/mol. The maximum atomic E-state index is 13.5. The van der Waals surface area contributed by atoms with Crippen LogP contribution in [0, 0.1) is 20.8 Å². The van der Waals surface area contributed by atoms with E-state index in [1.807, 2.05) is 0 Å². The minimum absolute atomic E-state index is 0.0296. The van der Waals surface area contributed by atoms with Crippen molar-refractivity contribution in [2.75, 3.05) is 0 Å². The van der Waals surface area contributed by atoms with Gasteiger partial charge in [-0.05, 0) is 51.1 Å². The summed E-state index contributed by atoms with van der Waals surface area (Å²) in [5, 5.41) is 4.46. The third kappa shape index (κ3) is 4.23. The largest absolute Gasteiger partial charge is 0.418 e. The van der Waals surface area contributed by atoms with Gasteiger partial charge in [-0.1, -0.05) is 23.7 Å². The molecule has 0 radical (unpaired) electrons. The van der Waals surface area contributed by atoms with Crippen LogP contribution in [0.1, 0.15) is 38.7 Å². The van der Waals surface area contributed by atoms with Crippen molar-refractivity contribution < 1.29 is 18.0 Å². The molecule has 10 heteroatoms. The molecule has 1 amide bonds. The van der Waals surface area contributed by atoms with Gasteiger partial charge < -0.3 is 4.57 Å². The maximum absolute atomic E-state index is 13.5. The number of amides is 1. The number of hydrazone groups is 1. The molecule has 0 fully saturated rings. The smallest absolute Gasteiger partial charge is 0.317 e. The minimum atomic E-state index is -4.49. The second-order valence-electron chi connectivity index (χ2n) is 7.50. The average Bonchev–Trinajstić information content (AvgIpc) is 3.21. The molecule has 3 aromatic heterocycles. The summed E-state index contributed by atoms with van der Waals surface area (Å²) in [5.41, 5.74) is 4.84. The zero-order chi connectivity index (χ0) is 23.9. The van der Waals surface area contributed by atoms with Gasteiger partial charge in [0.2, 0.25) is 0 Å². The van der Waals surface area contributed by atoms with E-state index in [-0.39, 0.29) is 11.4 Å². The molecule has 0 aliphatic heterocycles. The number of rotatable bonds is 4. The minimum Gasteiger partial charge on any atom is -0.317 e. The second kappa shape index (κ2) is 8.40. The Bertz CT molecular complexity index is 1400. The van der Waals surface area contributed by atoms with E-state index in [0.29, 0.717) is 33.3 Å². The summed E-state index contributed by atoms with van der Waals surface area (Å²) in [5.74, 6) is -0.491. The SMILES string of the molecule is Cc1nc2ccc(Cl)cn2c1C(=O)NN=Cc1cc(C)n(-c2ccccc2C(F)(F)F)c1C. The van der Waals surface area contributed by atoms with E-state index < -0.39 is 17.6 Å². The average molecular weight is 474 g/mol. The van der Waals surface area contributed by atoms with E-state index in [0.717, 1.165) is 6.07 Å². The highest BCUT2D eigenvalue weighted by Gasteiger charge is 2.34. The molecule has 0 spiro atoms. The molecule has 170 valence electrons. The molecule has 0 atom stereocenters. The van der Waals surface area contributed by atoms with Crippen LogP contribution in [0.3, 0.4) is 0 Å². The highest BCUT2D eigenvalue weighted by molar-refractivity contribution is 6.30. The third-order valence-corrected chi connectivity index (χ3v) is 5.49. The molecule has 0 saturated carbocycles. The fourth-order valence-electron chi connectivity index (χ4n) is 3.82. The van der Waals surface area contributed by atoms with Gasteiger partial charge in [0.25, 0.3) is 5.91 Å². The lowest BCUT2D eigenvalue weighted by Crippen LogP contribution is -2.20. The lowest BCUT2D eigenvalue weighted by Gasteiger charge is -2.16. The normalized spacial score (nSPS) is 12.1. The number of carbonyl (C=O) groups is 1. The van der Waals surface area contributed by atoms with Gasteiger partial charge in [-0.15, -0.1) is 0 Å². The van der Waals surface area contributed by atoms with Crippen LogP contribution >= 0.6 is 11.6 Å². The fraction of sp³-hybridized carbons (Fsp3) is 0.174. The van der Waals surface area contributed by atoms with Crippen molar-refractivity contribution in [3.05, 3.63) is 87.6 Å². The van der Waals surface area contributed by atoms with Gasteiger partial charge in [-0.2, -0.15) is 18.3 Å². The molecule has 3 heterocycles. The predicted molar refractivity (Wildman–Crippen MR) is 120 cm³/mol. The van der Waals surface area contributed by atoms with Crippen LogP contribution in [0.4, 0.5) is 13.2 Å². The molecule has 1 N–H and O–H groups in total. The number of para-hydroxylation sites is 1. The Labute approximate surface area is 192 Å². The van der Waals surface area contributed by atoms with Gasteiger partial charge in [-0.25, -0.2) is 10.4 Å². The number of nitrogens with one attached hydrogen (secondary N) is 1. The van der Waals surface area contributed by atoms with Crippen molar-refractivity contribution in [3.8, 4) is 5.69 Å². The molecule has 0 unspecified atom stereocenters. The monoisotopic (exact) mass is 473 g/mol. The number of pyridine rings is 1. The van der Waals surface area contributed by atoms with E-state index in [1.165, 1.54) is 22.9 Å². The van der Waals surface area contributed by atoms with Gasteiger partial charge in [0.05, 0.1) is 28.2 Å². The van der Waals surface area contributed by atoms with Crippen LogP contribution in [0.25, 0.3) is 11.3 Å². The number of aromatic nitrogens is 3. The molecule has 4 aromatic rings. The second-order valence-corrected chi connectivity index (χ2v) is 7.93. The van der Waals surface area contributed by atoms with E-state index >= 15 is 0 Å². The molecule has 4 rings (SSSR count). The molecule has 6 nitrogen and oxygen atoms in total. The Morgan fingerprint density at radius 1 is 1.15 bits per heavy atom. The van der Waals surface area contributed by atoms with E-state index in [2.05, 4.69) is 15.5 Å².